The van der Waals surface area contributed by atoms with Crippen LogP contribution in [0.2, 0.25) is 0 Å². The largest absolute Gasteiger partial charge is 0.364 e. The summed E-state index contributed by atoms with van der Waals surface area (Å²) < 4.78 is 6.00. The van der Waals surface area contributed by atoms with Gasteiger partial charge in [-0.15, -0.1) is 0 Å². The zero-order chi connectivity index (χ0) is 20.0. The number of likely N-dealkylation sites (tertiary alicyclic amines) is 1. The Morgan fingerprint density at radius 1 is 1.24 bits per heavy atom. The molecule has 0 bridgehead atoms. The molecule has 2 fully saturated rings. The number of nitrogens with zero attached hydrogens (tertiary/aromatic N) is 3. The fraction of sp³-hybridized carbons (Fsp3) is 0.318. The van der Waals surface area contributed by atoms with Crippen molar-refractivity contribution in [1.82, 2.24) is 19.8 Å². The first kappa shape index (κ1) is 17.9. The maximum atomic E-state index is 13.2. The van der Waals surface area contributed by atoms with Crippen LogP contribution in [-0.2, 0) is 15.1 Å². The first-order valence-corrected chi connectivity index (χ1v) is 9.76. The van der Waals surface area contributed by atoms with E-state index in [-0.39, 0.29) is 24.5 Å². The van der Waals surface area contributed by atoms with E-state index in [0.29, 0.717) is 25.1 Å². The third-order valence-corrected chi connectivity index (χ3v) is 6.29. The summed E-state index contributed by atoms with van der Waals surface area (Å²) in [5.41, 5.74) is 2.78. The fourth-order valence-electron chi connectivity index (χ4n) is 4.66. The van der Waals surface area contributed by atoms with E-state index in [1.54, 1.807) is 6.33 Å². The summed E-state index contributed by atoms with van der Waals surface area (Å²) in [6.07, 6.45) is 1.97. The quantitative estimate of drug-likeness (QED) is 0.727. The molecule has 1 N–H and O–H groups in total. The number of likely N-dealkylation sites (N-methyl/N-ethyl adjacent to an activating group) is 1. The molecule has 2 aliphatic rings. The number of morpholine rings is 1. The van der Waals surface area contributed by atoms with Gasteiger partial charge in [0, 0.05) is 25.7 Å². The van der Waals surface area contributed by atoms with Crippen LogP contribution in [-0.4, -0.2) is 64.4 Å². The summed E-state index contributed by atoms with van der Waals surface area (Å²) in [5.74, 6) is -0.0686. The van der Waals surface area contributed by atoms with Crippen molar-refractivity contribution in [2.45, 2.75) is 18.1 Å². The number of carbonyl (C=O) groups is 2. The molecule has 148 valence electrons. The number of nitrogens with one attached hydrogen (secondary N) is 1. The van der Waals surface area contributed by atoms with Gasteiger partial charge in [-0.05, 0) is 30.2 Å². The minimum absolute atomic E-state index is 0.0328. The summed E-state index contributed by atoms with van der Waals surface area (Å²) in [5, 5.41) is 0. The van der Waals surface area contributed by atoms with Gasteiger partial charge in [0.2, 0.25) is 5.91 Å². The van der Waals surface area contributed by atoms with Crippen LogP contribution < -0.4 is 0 Å². The Balaban J connectivity index is 1.46. The Morgan fingerprint density at radius 2 is 2.07 bits per heavy atom. The van der Waals surface area contributed by atoms with Gasteiger partial charge in [-0.25, -0.2) is 4.98 Å². The van der Waals surface area contributed by atoms with Gasteiger partial charge in [-0.2, -0.15) is 0 Å². The van der Waals surface area contributed by atoms with Crippen molar-refractivity contribution in [3.63, 3.8) is 0 Å². The lowest BCUT2D eigenvalue weighted by Crippen LogP contribution is -2.67. The van der Waals surface area contributed by atoms with Gasteiger partial charge in [0.15, 0.2) is 0 Å². The average molecular weight is 390 g/mol. The molecule has 2 atom stereocenters. The van der Waals surface area contributed by atoms with Gasteiger partial charge in [-0.3, -0.25) is 9.59 Å². The highest BCUT2D eigenvalue weighted by molar-refractivity contribution is 5.97. The summed E-state index contributed by atoms with van der Waals surface area (Å²) in [4.78, 5) is 36.6. The lowest BCUT2D eigenvalue weighted by atomic mass is 9.76. The number of aromatic amines is 1. The Hall–Kier alpha value is -3.19. The normalized spacial score (nSPS) is 24.6. The second-order valence-corrected chi connectivity index (χ2v) is 7.68. The van der Waals surface area contributed by atoms with Crippen LogP contribution in [0, 0.1) is 0 Å². The Labute approximate surface area is 168 Å². The van der Waals surface area contributed by atoms with Gasteiger partial charge in [0.1, 0.15) is 12.7 Å². The van der Waals surface area contributed by atoms with Crippen molar-refractivity contribution in [3.05, 3.63) is 66.0 Å². The fourth-order valence-corrected chi connectivity index (χ4v) is 4.66. The molecule has 3 aromatic rings. The number of ether oxygens (including phenoxy) is 1. The average Bonchev–Trinajstić information content (AvgIpc) is 3.24. The van der Waals surface area contributed by atoms with Crippen molar-refractivity contribution in [1.29, 1.82) is 0 Å². The zero-order valence-electron chi connectivity index (χ0n) is 16.2. The number of fused-ring (bicyclic) bond motifs is 2. The topological polar surface area (TPSA) is 78.5 Å². The number of hydrogen-bond donors (Lipinski definition) is 1. The van der Waals surface area contributed by atoms with Crippen molar-refractivity contribution in [3.8, 4) is 0 Å². The monoisotopic (exact) mass is 390 g/mol. The van der Waals surface area contributed by atoms with E-state index in [1.807, 2.05) is 65.4 Å². The van der Waals surface area contributed by atoms with Crippen molar-refractivity contribution < 1.29 is 14.3 Å². The molecule has 7 heteroatoms. The SMILES string of the molecule is CN1C(=O)CO[C@@H]2CN(C(=O)c3ccc4nc[nH]c4c3)CC[C@]21c1ccccc1. The lowest BCUT2D eigenvalue weighted by Gasteiger charge is -2.54. The number of hydrogen-bond acceptors (Lipinski definition) is 4. The summed E-state index contributed by atoms with van der Waals surface area (Å²) in [6.45, 7) is 1.02. The van der Waals surface area contributed by atoms with Crippen LogP contribution in [0.3, 0.4) is 0 Å². The highest BCUT2D eigenvalue weighted by Crippen LogP contribution is 2.42. The molecule has 0 aliphatic carbocycles. The Kier molecular flexibility index (Phi) is 4.13. The van der Waals surface area contributed by atoms with Crippen molar-refractivity contribution >= 4 is 22.8 Å². The van der Waals surface area contributed by atoms with Gasteiger partial charge < -0.3 is 19.5 Å². The van der Waals surface area contributed by atoms with Crippen molar-refractivity contribution in [2.24, 2.45) is 0 Å². The first-order valence-electron chi connectivity index (χ1n) is 9.76. The minimum Gasteiger partial charge on any atom is -0.364 e. The van der Waals surface area contributed by atoms with E-state index in [0.717, 1.165) is 16.6 Å². The van der Waals surface area contributed by atoms with E-state index >= 15 is 0 Å². The third kappa shape index (κ3) is 2.73. The molecule has 5 rings (SSSR count). The van der Waals surface area contributed by atoms with E-state index in [2.05, 4.69) is 9.97 Å². The maximum Gasteiger partial charge on any atom is 0.254 e. The van der Waals surface area contributed by atoms with Crippen LogP contribution in [0.4, 0.5) is 0 Å². The molecule has 1 aromatic heterocycles. The summed E-state index contributed by atoms with van der Waals surface area (Å²) in [7, 11) is 1.84. The molecule has 2 saturated heterocycles. The molecule has 2 amide bonds. The Bertz CT molecular complexity index is 1080. The van der Waals surface area contributed by atoms with Gasteiger partial charge in [0.05, 0.1) is 22.9 Å². The van der Waals surface area contributed by atoms with Gasteiger partial charge >= 0.3 is 0 Å². The molecule has 29 heavy (non-hydrogen) atoms. The van der Waals surface area contributed by atoms with E-state index in [1.165, 1.54) is 0 Å². The second kappa shape index (κ2) is 6.70. The smallest absolute Gasteiger partial charge is 0.254 e. The number of imidazole rings is 1. The number of benzene rings is 2. The van der Waals surface area contributed by atoms with Gasteiger partial charge in [0.25, 0.3) is 5.91 Å². The highest BCUT2D eigenvalue weighted by atomic mass is 16.5. The highest BCUT2D eigenvalue weighted by Gasteiger charge is 2.53. The number of aromatic nitrogens is 2. The predicted octanol–water partition coefficient (Wildman–Crippen LogP) is 2.16. The Morgan fingerprint density at radius 3 is 2.90 bits per heavy atom. The maximum absolute atomic E-state index is 13.2. The number of rotatable bonds is 2. The van der Waals surface area contributed by atoms with E-state index in [9.17, 15) is 9.59 Å². The lowest BCUT2D eigenvalue weighted by molar-refractivity contribution is -0.180. The molecule has 2 aromatic carbocycles. The molecule has 7 nitrogen and oxygen atoms in total. The van der Waals surface area contributed by atoms with Crippen LogP contribution >= 0.6 is 0 Å². The van der Waals surface area contributed by atoms with E-state index in [4.69, 9.17) is 4.74 Å². The summed E-state index contributed by atoms with van der Waals surface area (Å²) >= 11 is 0. The molecule has 0 saturated carbocycles. The number of carbonyl (C=O) groups excluding carboxylic acids is 2. The van der Waals surface area contributed by atoms with Crippen LogP contribution in [0.5, 0.6) is 0 Å². The molecule has 0 radical (unpaired) electrons. The van der Waals surface area contributed by atoms with Crippen LogP contribution in [0.15, 0.2) is 54.9 Å². The van der Waals surface area contributed by atoms with Crippen molar-refractivity contribution in [2.75, 3.05) is 26.7 Å². The minimum atomic E-state index is -0.555. The molecule has 3 heterocycles. The first-order chi connectivity index (χ1) is 14.1. The zero-order valence-corrected chi connectivity index (χ0v) is 16.2. The van der Waals surface area contributed by atoms with Crippen LogP contribution in [0.25, 0.3) is 11.0 Å². The predicted molar refractivity (Wildman–Crippen MR) is 107 cm³/mol. The van der Waals surface area contributed by atoms with E-state index < -0.39 is 5.54 Å². The molecule has 0 unspecified atom stereocenters. The second-order valence-electron chi connectivity index (χ2n) is 7.68. The molecular weight excluding hydrogens is 368 g/mol. The number of piperidine rings is 1. The third-order valence-electron chi connectivity index (χ3n) is 6.29. The number of amides is 2. The summed E-state index contributed by atoms with van der Waals surface area (Å²) in [6, 6.07) is 15.5. The molecule has 2 aliphatic heterocycles. The number of H-pyrrole nitrogens is 1. The molecule has 0 spiro atoms. The standard InChI is InChI=1S/C22H22N4O3/c1-25-20(27)13-29-19-12-26(10-9-22(19,25)16-5-3-2-4-6-16)21(28)15-7-8-17-18(11-15)24-14-23-17/h2-8,11,14,19H,9-10,12-13H2,1H3,(H,23,24)/t19-,22+/m1/s1. The van der Waals surface area contributed by atoms with Gasteiger partial charge in [-0.1, -0.05) is 30.3 Å². The molecular formula is C22H22N4O3. The van der Waals surface area contributed by atoms with Crippen LogP contribution in [0.1, 0.15) is 22.3 Å².